The topological polar surface area (TPSA) is 47.0 Å². The third kappa shape index (κ3) is 5.07. The SMILES string of the molecule is CNCc1cnc(OCCCC(C)C)cn1. The van der Waals surface area contributed by atoms with Crippen LogP contribution in [0.2, 0.25) is 0 Å². The lowest BCUT2D eigenvalue weighted by molar-refractivity contribution is 0.285. The van der Waals surface area contributed by atoms with E-state index in [0.29, 0.717) is 5.88 Å². The average Bonchev–Trinajstić information content (AvgIpc) is 2.27. The summed E-state index contributed by atoms with van der Waals surface area (Å²) in [4.78, 5) is 8.42. The zero-order chi connectivity index (χ0) is 11.8. The highest BCUT2D eigenvalue weighted by atomic mass is 16.5. The molecule has 90 valence electrons. The van der Waals surface area contributed by atoms with E-state index in [1.807, 2.05) is 7.05 Å². The molecule has 0 spiro atoms. The molecule has 0 saturated carbocycles. The molecule has 0 atom stereocenters. The van der Waals surface area contributed by atoms with Crippen molar-refractivity contribution < 1.29 is 4.74 Å². The Morgan fingerprint density at radius 2 is 2.12 bits per heavy atom. The molecule has 4 nitrogen and oxygen atoms in total. The van der Waals surface area contributed by atoms with Crippen LogP contribution in [0.1, 0.15) is 32.4 Å². The molecule has 0 aromatic carbocycles. The van der Waals surface area contributed by atoms with Gasteiger partial charge in [-0.25, -0.2) is 4.98 Å². The van der Waals surface area contributed by atoms with Gasteiger partial charge in [0.2, 0.25) is 5.88 Å². The molecule has 1 aromatic heterocycles. The highest BCUT2D eigenvalue weighted by Gasteiger charge is 1.99. The van der Waals surface area contributed by atoms with Crippen molar-refractivity contribution in [1.29, 1.82) is 0 Å². The molecule has 0 unspecified atom stereocenters. The summed E-state index contributed by atoms with van der Waals surface area (Å²) in [7, 11) is 1.89. The van der Waals surface area contributed by atoms with E-state index in [1.165, 1.54) is 6.42 Å². The number of nitrogens with zero attached hydrogens (tertiary/aromatic N) is 2. The number of hydrogen-bond acceptors (Lipinski definition) is 4. The van der Waals surface area contributed by atoms with Crippen LogP contribution in [0.25, 0.3) is 0 Å². The van der Waals surface area contributed by atoms with Gasteiger partial charge in [-0.2, -0.15) is 0 Å². The first-order chi connectivity index (χ1) is 7.72. The maximum absolute atomic E-state index is 5.50. The van der Waals surface area contributed by atoms with Crippen LogP contribution < -0.4 is 10.1 Å². The van der Waals surface area contributed by atoms with E-state index in [2.05, 4.69) is 29.1 Å². The molecule has 1 aromatic rings. The van der Waals surface area contributed by atoms with Gasteiger partial charge in [-0.15, -0.1) is 0 Å². The minimum atomic E-state index is 0.614. The van der Waals surface area contributed by atoms with Gasteiger partial charge in [-0.1, -0.05) is 13.8 Å². The maximum atomic E-state index is 5.50. The van der Waals surface area contributed by atoms with Gasteiger partial charge in [0.1, 0.15) is 0 Å². The van der Waals surface area contributed by atoms with E-state index in [1.54, 1.807) is 12.4 Å². The van der Waals surface area contributed by atoms with Gasteiger partial charge < -0.3 is 10.1 Å². The van der Waals surface area contributed by atoms with Crippen molar-refractivity contribution >= 4 is 0 Å². The number of rotatable bonds is 7. The molecule has 0 radical (unpaired) electrons. The summed E-state index contributed by atoms with van der Waals surface area (Å²) in [5, 5.41) is 3.02. The molecular weight excluding hydrogens is 202 g/mol. The first-order valence-electron chi connectivity index (χ1n) is 5.80. The molecule has 16 heavy (non-hydrogen) atoms. The van der Waals surface area contributed by atoms with Gasteiger partial charge in [-0.3, -0.25) is 4.98 Å². The minimum Gasteiger partial charge on any atom is -0.477 e. The second-order valence-corrected chi connectivity index (χ2v) is 4.26. The molecule has 0 amide bonds. The van der Waals surface area contributed by atoms with Crippen LogP contribution in [0.4, 0.5) is 0 Å². The van der Waals surface area contributed by atoms with Crippen molar-refractivity contribution in [2.24, 2.45) is 5.92 Å². The highest BCUT2D eigenvalue weighted by molar-refractivity contribution is 5.06. The van der Waals surface area contributed by atoms with Crippen LogP contribution in [0, 0.1) is 5.92 Å². The Kier molecular flexibility index (Phi) is 5.78. The molecule has 1 heterocycles. The van der Waals surface area contributed by atoms with Gasteiger partial charge in [-0.05, 0) is 25.8 Å². The average molecular weight is 223 g/mol. The summed E-state index contributed by atoms with van der Waals surface area (Å²) in [6.45, 7) is 5.89. The van der Waals surface area contributed by atoms with E-state index in [0.717, 1.165) is 31.2 Å². The molecule has 0 fully saturated rings. The first-order valence-corrected chi connectivity index (χ1v) is 5.80. The Hall–Kier alpha value is -1.16. The summed E-state index contributed by atoms with van der Waals surface area (Å²) in [5.74, 6) is 1.34. The zero-order valence-electron chi connectivity index (χ0n) is 10.4. The third-order valence-electron chi connectivity index (χ3n) is 2.22. The fourth-order valence-corrected chi connectivity index (χ4v) is 1.36. The molecule has 1 rings (SSSR count). The molecule has 0 aliphatic rings. The molecule has 0 aliphatic carbocycles. The van der Waals surface area contributed by atoms with E-state index in [4.69, 9.17) is 4.74 Å². The largest absolute Gasteiger partial charge is 0.477 e. The Morgan fingerprint density at radius 3 is 2.69 bits per heavy atom. The Balaban J connectivity index is 2.26. The van der Waals surface area contributed by atoms with Crippen molar-refractivity contribution in [3.8, 4) is 5.88 Å². The smallest absolute Gasteiger partial charge is 0.232 e. The van der Waals surface area contributed by atoms with Crippen molar-refractivity contribution in [3.63, 3.8) is 0 Å². The van der Waals surface area contributed by atoms with Crippen LogP contribution in [0.15, 0.2) is 12.4 Å². The molecule has 0 aliphatic heterocycles. The van der Waals surface area contributed by atoms with Gasteiger partial charge >= 0.3 is 0 Å². The second-order valence-electron chi connectivity index (χ2n) is 4.26. The summed E-state index contributed by atoms with van der Waals surface area (Å²) in [6.07, 6.45) is 5.68. The number of ether oxygens (including phenoxy) is 1. The van der Waals surface area contributed by atoms with Crippen molar-refractivity contribution in [2.75, 3.05) is 13.7 Å². The standard InChI is InChI=1S/C12H21N3O/c1-10(2)5-4-6-16-12-9-14-11(7-13-3)8-15-12/h8-10,13H,4-7H2,1-3H3. The monoisotopic (exact) mass is 223 g/mol. The lowest BCUT2D eigenvalue weighted by Crippen LogP contribution is -2.08. The predicted octanol–water partition coefficient (Wildman–Crippen LogP) is 2.01. The lowest BCUT2D eigenvalue weighted by atomic mass is 10.1. The quantitative estimate of drug-likeness (QED) is 0.718. The predicted molar refractivity (Wildman–Crippen MR) is 64.4 cm³/mol. The normalized spacial score (nSPS) is 10.8. The molecule has 1 N–H and O–H groups in total. The maximum Gasteiger partial charge on any atom is 0.232 e. The van der Waals surface area contributed by atoms with Crippen molar-refractivity contribution in [1.82, 2.24) is 15.3 Å². The molecule has 4 heteroatoms. The second kappa shape index (κ2) is 7.17. The minimum absolute atomic E-state index is 0.614. The van der Waals surface area contributed by atoms with Gasteiger partial charge in [0.25, 0.3) is 0 Å². The molecule has 0 saturated heterocycles. The highest BCUT2D eigenvalue weighted by Crippen LogP contribution is 2.07. The third-order valence-corrected chi connectivity index (χ3v) is 2.22. The first kappa shape index (κ1) is 12.9. The molecular formula is C12H21N3O. The van der Waals surface area contributed by atoms with E-state index < -0.39 is 0 Å². The van der Waals surface area contributed by atoms with E-state index >= 15 is 0 Å². The lowest BCUT2D eigenvalue weighted by Gasteiger charge is -2.06. The summed E-state index contributed by atoms with van der Waals surface area (Å²) in [6, 6.07) is 0. The Morgan fingerprint density at radius 1 is 1.31 bits per heavy atom. The molecule has 0 bridgehead atoms. The van der Waals surface area contributed by atoms with E-state index in [-0.39, 0.29) is 0 Å². The number of nitrogens with one attached hydrogen (secondary N) is 1. The fourth-order valence-electron chi connectivity index (χ4n) is 1.36. The Labute approximate surface area is 97.5 Å². The van der Waals surface area contributed by atoms with Gasteiger partial charge in [0, 0.05) is 6.54 Å². The Bertz CT molecular complexity index is 285. The van der Waals surface area contributed by atoms with Gasteiger partial charge in [0.05, 0.1) is 24.7 Å². The summed E-state index contributed by atoms with van der Waals surface area (Å²) >= 11 is 0. The summed E-state index contributed by atoms with van der Waals surface area (Å²) < 4.78 is 5.50. The zero-order valence-corrected chi connectivity index (χ0v) is 10.4. The van der Waals surface area contributed by atoms with Gasteiger partial charge in [0.15, 0.2) is 0 Å². The van der Waals surface area contributed by atoms with E-state index in [9.17, 15) is 0 Å². The van der Waals surface area contributed by atoms with Crippen molar-refractivity contribution in [3.05, 3.63) is 18.1 Å². The van der Waals surface area contributed by atoms with Crippen LogP contribution >= 0.6 is 0 Å². The van der Waals surface area contributed by atoms with Crippen molar-refractivity contribution in [2.45, 2.75) is 33.2 Å². The summed E-state index contributed by atoms with van der Waals surface area (Å²) in [5.41, 5.74) is 0.928. The van der Waals surface area contributed by atoms with Crippen LogP contribution in [-0.4, -0.2) is 23.6 Å². The van der Waals surface area contributed by atoms with Crippen LogP contribution in [-0.2, 0) is 6.54 Å². The number of aromatic nitrogens is 2. The fraction of sp³-hybridized carbons (Fsp3) is 0.667. The number of hydrogen-bond donors (Lipinski definition) is 1. The van der Waals surface area contributed by atoms with Crippen LogP contribution in [0.5, 0.6) is 5.88 Å². The van der Waals surface area contributed by atoms with Crippen LogP contribution in [0.3, 0.4) is 0 Å².